The summed E-state index contributed by atoms with van der Waals surface area (Å²) in [5, 5.41) is 14.8. The number of aromatic nitrogens is 5. The Hall–Kier alpha value is -3.65. The lowest BCUT2D eigenvalue weighted by Gasteiger charge is -2.14. The molecule has 0 saturated carbocycles. The molecule has 0 atom stereocenters. The fourth-order valence-corrected chi connectivity index (χ4v) is 3.62. The van der Waals surface area contributed by atoms with Gasteiger partial charge in [0.25, 0.3) is 5.91 Å². The lowest BCUT2D eigenvalue weighted by atomic mass is 10.0. The van der Waals surface area contributed by atoms with Crippen LogP contribution in [0.1, 0.15) is 30.2 Å². The first kappa shape index (κ1) is 15.3. The van der Waals surface area contributed by atoms with Gasteiger partial charge in [-0.2, -0.15) is 5.10 Å². The van der Waals surface area contributed by atoms with E-state index >= 15 is 0 Å². The van der Waals surface area contributed by atoms with Crippen molar-refractivity contribution in [2.45, 2.75) is 19.6 Å². The summed E-state index contributed by atoms with van der Waals surface area (Å²) in [7, 11) is 1.74. The zero-order valence-corrected chi connectivity index (χ0v) is 15.6. The summed E-state index contributed by atoms with van der Waals surface area (Å²) in [4.78, 5) is 27.3. The molecule has 4 aromatic rings. The van der Waals surface area contributed by atoms with Gasteiger partial charge in [0.1, 0.15) is 5.82 Å². The maximum absolute atomic E-state index is 12.5. The third kappa shape index (κ3) is 2.94. The van der Waals surface area contributed by atoms with E-state index in [2.05, 4.69) is 20.1 Å². The Kier molecular flexibility index (Phi) is 3.56. The number of hydrogen-bond donors (Lipinski definition) is 1. The minimum Gasteiger partial charge on any atom is -0.392 e. The maximum Gasteiger partial charge on any atom is 0.256 e. The maximum atomic E-state index is 12.5. The van der Waals surface area contributed by atoms with Crippen LogP contribution in [0, 0.1) is 0 Å². The third-order valence-electron chi connectivity index (χ3n) is 5.01. The van der Waals surface area contributed by atoms with Crippen LogP contribution < -0.4 is 0 Å². The summed E-state index contributed by atoms with van der Waals surface area (Å²) in [6, 6.07) is 6.76. The standard InChI is InChI=1S/C21H18N6O2/c1-26-9-17-15(5-4-13(12-28)20(17)25-26)14-7-23-19(24-8-14)11-27-10-18-16(21(27)29)3-2-6-22-18/h2-9,28H,10-12H2,1H3/i12D2. The smallest absolute Gasteiger partial charge is 0.256 e. The molecule has 0 spiro atoms. The van der Waals surface area contributed by atoms with Crippen LogP contribution >= 0.6 is 0 Å². The number of aryl methyl sites for hydroxylation is 1. The van der Waals surface area contributed by atoms with E-state index < -0.39 is 6.56 Å². The number of benzene rings is 1. The lowest BCUT2D eigenvalue weighted by molar-refractivity contribution is 0.0762. The zero-order chi connectivity index (χ0) is 21.8. The normalized spacial score (nSPS) is 14.8. The van der Waals surface area contributed by atoms with Crippen LogP contribution in [-0.2, 0) is 26.7 Å². The topological polar surface area (TPSA) is 97.0 Å². The van der Waals surface area contributed by atoms with Crippen molar-refractivity contribution >= 4 is 16.8 Å². The molecule has 1 aliphatic heterocycles. The van der Waals surface area contributed by atoms with Gasteiger partial charge in [0.2, 0.25) is 0 Å². The highest BCUT2D eigenvalue weighted by atomic mass is 16.3. The second-order valence-corrected chi connectivity index (χ2v) is 6.88. The predicted molar refractivity (Wildman–Crippen MR) is 105 cm³/mol. The van der Waals surface area contributed by atoms with E-state index in [4.69, 9.17) is 2.74 Å². The quantitative estimate of drug-likeness (QED) is 0.575. The Balaban J connectivity index is 1.44. The Labute approximate surface area is 169 Å². The molecule has 0 radical (unpaired) electrons. The fourth-order valence-electron chi connectivity index (χ4n) is 3.62. The number of nitrogens with zero attached hydrogens (tertiary/aromatic N) is 6. The van der Waals surface area contributed by atoms with E-state index in [1.54, 1.807) is 59.6 Å². The average Bonchev–Trinajstić information content (AvgIpc) is 3.27. The first-order valence-corrected chi connectivity index (χ1v) is 9.05. The van der Waals surface area contributed by atoms with Gasteiger partial charge in [-0.15, -0.1) is 0 Å². The highest BCUT2D eigenvalue weighted by Crippen LogP contribution is 2.30. The van der Waals surface area contributed by atoms with Crippen LogP contribution in [0.3, 0.4) is 0 Å². The van der Waals surface area contributed by atoms with Gasteiger partial charge in [-0.3, -0.25) is 14.5 Å². The SMILES string of the molecule is [2H]C([2H])(O)c1ccc(-c2cnc(CN3Cc4ncccc4C3=O)nc2)c2cn(C)nc12. The second kappa shape index (κ2) is 6.75. The van der Waals surface area contributed by atoms with Crippen molar-refractivity contribution in [2.75, 3.05) is 0 Å². The van der Waals surface area contributed by atoms with Crippen LogP contribution in [0.4, 0.5) is 0 Å². The van der Waals surface area contributed by atoms with Gasteiger partial charge in [0, 0.05) is 48.3 Å². The van der Waals surface area contributed by atoms with Crippen LogP contribution in [0.25, 0.3) is 22.0 Å². The summed E-state index contributed by atoms with van der Waals surface area (Å²) in [6.45, 7) is -1.79. The molecule has 1 amide bonds. The van der Waals surface area contributed by atoms with E-state index in [9.17, 15) is 9.90 Å². The van der Waals surface area contributed by atoms with Crippen LogP contribution in [0.2, 0.25) is 0 Å². The van der Waals surface area contributed by atoms with E-state index in [0.29, 0.717) is 28.8 Å². The fraction of sp³-hybridized carbons (Fsp3) is 0.190. The summed E-state index contributed by atoms with van der Waals surface area (Å²) in [5.41, 5.74) is 3.35. The number of carbonyl (C=O) groups excluding carboxylic acids is 1. The molecule has 0 saturated heterocycles. The van der Waals surface area contributed by atoms with Crippen molar-refractivity contribution in [1.82, 2.24) is 29.6 Å². The summed E-state index contributed by atoms with van der Waals surface area (Å²) in [5.74, 6) is 0.428. The summed E-state index contributed by atoms with van der Waals surface area (Å²) >= 11 is 0. The van der Waals surface area contributed by atoms with E-state index in [1.165, 1.54) is 6.07 Å². The summed E-state index contributed by atoms with van der Waals surface area (Å²) < 4.78 is 16.9. The van der Waals surface area contributed by atoms with Gasteiger partial charge in [-0.05, 0) is 17.7 Å². The molecule has 5 rings (SSSR count). The number of fused-ring (bicyclic) bond motifs is 2. The highest BCUT2D eigenvalue weighted by Gasteiger charge is 2.28. The van der Waals surface area contributed by atoms with Gasteiger partial charge >= 0.3 is 0 Å². The Bertz CT molecular complexity index is 1310. The molecule has 1 aliphatic rings. The Morgan fingerprint density at radius 2 is 2.00 bits per heavy atom. The number of rotatable bonds is 4. The Morgan fingerprint density at radius 1 is 1.17 bits per heavy atom. The number of amides is 1. The molecule has 1 N–H and O–H groups in total. The van der Waals surface area contributed by atoms with Gasteiger partial charge in [0.15, 0.2) is 0 Å². The molecule has 4 heterocycles. The first-order valence-electron chi connectivity index (χ1n) is 10.0. The van der Waals surface area contributed by atoms with Crippen molar-refractivity contribution < 1.29 is 12.6 Å². The second-order valence-electron chi connectivity index (χ2n) is 6.88. The van der Waals surface area contributed by atoms with Crippen LogP contribution in [-0.4, -0.2) is 40.6 Å². The molecular weight excluding hydrogens is 368 g/mol. The number of pyridine rings is 1. The Morgan fingerprint density at radius 3 is 2.76 bits per heavy atom. The van der Waals surface area contributed by atoms with Gasteiger partial charge in [0.05, 0.1) is 39.2 Å². The first-order chi connectivity index (χ1) is 14.8. The lowest BCUT2D eigenvalue weighted by Crippen LogP contribution is -2.24. The van der Waals surface area contributed by atoms with Gasteiger partial charge in [-0.1, -0.05) is 12.1 Å². The van der Waals surface area contributed by atoms with E-state index in [-0.39, 0.29) is 18.0 Å². The zero-order valence-electron chi connectivity index (χ0n) is 17.6. The monoisotopic (exact) mass is 388 g/mol. The molecule has 8 nitrogen and oxygen atoms in total. The minimum atomic E-state index is -2.50. The molecule has 144 valence electrons. The third-order valence-corrected chi connectivity index (χ3v) is 5.01. The summed E-state index contributed by atoms with van der Waals surface area (Å²) in [6.07, 6.45) is 6.78. The van der Waals surface area contributed by atoms with Gasteiger partial charge in [-0.25, -0.2) is 9.97 Å². The molecular formula is C21H18N6O2. The molecule has 8 heteroatoms. The highest BCUT2D eigenvalue weighted by molar-refractivity contribution is 5.97. The van der Waals surface area contributed by atoms with Crippen LogP contribution in [0.5, 0.6) is 0 Å². The number of carbonyl (C=O) groups is 1. The average molecular weight is 388 g/mol. The van der Waals surface area contributed by atoms with E-state index in [0.717, 1.165) is 16.8 Å². The molecule has 1 aromatic carbocycles. The number of hydrogen-bond acceptors (Lipinski definition) is 6. The van der Waals surface area contributed by atoms with Crippen molar-refractivity contribution in [2.24, 2.45) is 7.05 Å². The van der Waals surface area contributed by atoms with Crippen molar-refractivity contribution in [3.63, 3.8) is 0 Å². The molecule has 0 bridgehead atoms. The molecule has 0 fully saturated rings. The van der Waals surface area contributed by atoms with Crippen molar-refractivity contribution in [1.29, 1.82) is 0 Å². The van der Waals surface area contributed by atoms with E-state index in [1.807, 2.05) is 0 Å². The minimum absolute atomic E-state index is 0.0818. The molecule has 0 aliphatic carbocycles. The van der Waals surface area contributed by atoms with Gasteiger partial charge < -0.3 is 10.0 Å². The van der Waals surface area contributed by atoms with Crippen molar-refractivity contribution in [3.8, 4) is 11.1 Å². The number of aliphatic hydroxyl groups is 1. The molecule has 3 aromatic heterocycles. The largest absolute Gasteiger partial charge is 0.392 e. The van der Waals surface area contributed by atoms with Crippen molar-refractivity contribution in [3.05, 3.63) is 71.7 Å². The molecule has 29 heavy (non-hydrogen) atoms. The van der Waals surface area contributed by atoms with Crippen LogP contribution in [0.15, 0.2) is 49.1 Å². The predicted octanol–water partition coefficient (Wildman–Crippen LogP) is 2.07. The molecule has 0 unspecified atom stereocenters.